The summed E-state index contributed by atoms with van der Waals surface area (Å²) in [5.74, 6) is 1.27. The molecule has 1 aromatic carbocycles. The minimum atomic E-state index is -0.290. The van der Waals surface area contributed by atoms with E-state index in [2.05, 4.69) is 0 Å². The van der Waals surface area contributed by atoms with Gasteiger partial charge in [0, 0.05) is 25.4 Å². The third kappa shape index (κ3) is 3.91. The van der Waals surface area contributed by atoms with E-state index in [0.717, 1.165) is 35.5 Å². The van der Waals surface area contributed by atoms with E-state index in [1.165, 1.54) is 12.8 Å². The van der Waals surface area contributed by atoms with Gasteiger partial charge in [-0.3, -0.25) is 4.79 Å². The van der Waals surface area contributed by atoms with Crippen molar-refractivity contribution in [3.8, 4) is 22.6 Å². The Morgan fingerprint density at radius 1 is 1.21 bits per heavy atom. The Hall–Kier alpha value is -2.43. The average molecular weight is 328 g/mol. The fourth-order valence-electron chi connectivity index (χ4n) is 3.12. The first kappa shape index (κ1) is 16.4. The first-order valence-electron chi connectivity index (χ1n) is 8.45. The van der Waals surface area contributed by atoms with E-state index in [4.69, 9.17) is 15.2 Å². The van der Waals surface area contributed by atoms with Crippen molar-refractivity contribution in [1.29, 1.82) is 0 Å². The van der Waals surface area contributed by atoms with Gasteiger partial charge < -0.3 is 19.8 Å². The van der Waals surface area contributed by atoms with Crippen LogP contribution < -0.4 is 15.2 Å². The second-order valence-electron chi connectivity index (χ2n) is 6.24. The molecule has 1 aliphatic rings. The van der Waals surface area contributed by atoms with Crippen molar-refractivity contribution >= 4 is 5.91 Å². The van der Waals surface area contributed by atoms with Crippen molar-refractivity contribution in [3.63, 3.8) is 0 Å². The lowest BCUT2D eigenvalue weighted by molar-refractivity contribution is -0.118. The largest absolute Gasteiger partial charge is 0.493 e. The average Bonchev–Trinajstić information content (AvgIpc) is 3.24. The van der Waals surface area contributed by atoms with Gasteiger partial charge in [0.05, 0.1) is 13.2 Å². The van der Waals surface area contributed by atoms with Gasteiger partial charge >= 0.3 is 0 Å². The van der Waals surface area contributed by atoms with Crippen LogP contribution in [0.5, 0.6) is 11.5 Å². The van der Waals surface area contributed by atoms with Crippen molar-refractivity contribution in [2.45, 2.75) is 44.8 Å². The van der Waals surface area contributed by atoms with Gasteiger partial charge in [0.25, 0.3) is 0 Å². The number of amides is 1. The molecule has 0 bridgehead atoms. The summed E-state index contributed by atoms with van der Waals surface area (Å²) >= 11 is 0. The van der Waals surface area contributed by atoms with Crippen LogP contribution >= 0.6 is 0 Å². The zero-order chi connectivity index (χ0) is 16.9. The summed E-state index contributed by atoms with van der Waals surface area (Å²) in [6.07, 6.45) is 9.28. The van der Waals surface area contributed by atoms with Crippen LogP contribution in [0.4, 0.5) is 0 Å². The van der Waals surface area contributed by atoms with Crippen molar-refractivity contribution in [3.05, 3.63) is 36.7 Å². The molecular formula is C19H24N2O3. The normalized spacial score (nSPS) is 14.7. The molecule has 1 aliphatic carbocycles. The van der Waals surface area contributed by atoms with Crippen LogP contribution in [0.2, 0.25) is 0 Å². The van der Waals surface area contributed by atoms with Gasteiger partial charge in [-0.2, -0.15) is 0 Å². The Morgan fingerprint density at radius 2 is 2.00 bits per heavy atom. The van der Waals surface area contributed by atoms with Crippen LogP contribution in [-0.2, 0) is 11.3 Å². The number of aryl methyl sites for hydroxylation is 1. The fraction of sp³-hybridized carbons (Fsp3) is 0.421. The molecule has 0 aliphatic heterocycles. The second kappa shape index (κ2) is 7.43. The molecule has 0 spiro atoms. The lowest BCUT2D eigenvalue weighted by Crippen LogP contribution is -2.13. The minimum Gasteiger partial charge on any atom is -0.493 e. The maximum absolute atomic E-state index is 10.9. The van der Waals surface area contributed by atoms with Gasteiger partial charge in [0.2, 0.25) is 5.91 Å². The number of benzene rings is 1. The fourth-order valence-corrected chi connectivity index (χ4v) is 3.12. The van der Waals surface area contributed by atoms with E-state index in [-0.39, 0.29) is 12.0 Å². The molecule has 1 heterocycles. The van der Waals surface area contributed by atoms with Crippen molar-refractivity contribution in [2.24, 2.45) is 5.73 Å². The van der Waals surface area contributed by atoms with E-state index in [1.54, 1.807) is 7.11 Å². The van der Waals surface area contributed by atoms with Gasteiger partial charge in [-0.1, -0.05) is 6.07 Å². The summed E-state index contributed by atoms with van der Waals surface area (Å²) in [7, 11) is 1.66. The molecule has 1 saturated carbocycles. The Bertz CT molecular complexity index is 702. The van der Waals surface area contributed by atoms with E-state index in [0.29, 0.717) is 13.0 Å². The number of hydrogen-bond acceptors (Lipinski definition) is 3. The monoisotopic (exact) mass is 328 g/mol. The third-order valence-corrected chi connectivity index (χ3v) is 4.46. The predicted octanol–water partition coefficient (Wildman–Crippen LogP) is 3.36. The van der Waals surface area contributed by atoms with Crippen molar-refractivity contribution in [2.75, 3.05) is 7.11 Å². The molecule has 0 unspecified atom stereocenters. The quantitative estimate of drug-likeness (QED) is 0.847. The van der Waals surface area contributed by atoms with Gasteiger partial charge in [-0.05, 0) is 55.0 Å². The van der Waals surface area contributed by atoms with Gasteiger partial charge in [0.15, 0.2) is 11.5 Å². The number of methoxy groups -OCH3 is 1. The molecule has 0 saturated heterocycles. The van der Waals surface area contributed by atoms with Crippen LogP contribution in [0.15, 0.2) is 36.7 Å². The number of ether oxygens (including phenoxy) is 2. The second-order valence-corrected chi connectivity index (χ2v) is 6.24. The molecule has 5 nitrogen and oxygen atoms in total. The van der Waals surface area contributed by atoms with Crippen LogP contribution in [-0.4, -0.2) is 23.7 Å². The summed E-state index contributed by atoms with van der Waals surface area (Å²) in [6.45, 7) is 0.594. The topological polar surface area (TPSA) is 66.5 Å². The smallest absolute Gasteiger partial charge is 0.219 e. The Kier molecular flexibility index (Phi) is 5.08. The molecule has 128 valence electrons. The zero-order valence-electron chi connectivity index (χ0n) is 14.0. The highest BCUT2D eigenvalue weighted by Crippen LogP contribution is 2.35. The molecular weight excluding hydrogens is 304 g/mol. The summed E-state index contributed by atoms with van der Waals surface area (Å²) < 4.78 is 13.6. The molecule has 5 heteroatoms. The highest BCUT2D eigenvalue weighted by atomic mass is 16.5. The Labute approximate surface area is 142 Å². The van der Waals surface area contributed by atoms with Crippen LogP contribution in [0, 0.1) is 0 Å². The SMILES string of the molecule is COc1ccc(-c2ccn(CCC(N)=O)c2)cc1OC1CCCC1. The molecule has 1 fully saturated rings. The molecule has 0 radical (unpaired) electrons. The first-order chi connectivity index (χ1) is 11.7. The number of nitrogens with zero attached hydrogens (tertiary/aromatic N) is 1. The van der Waals surface area contributed by atoms with E-state index < -0.39 is 0 Å². The van der Waals surface area contributed by atoms with E-state index in [9.17, 15) is 4.79 Å². The molecule has 2 aromatic rings. The van der Waals surface area contributed by atoms with Crippen LogP contribution in [0.25, 0.3) is 11.1 Å². The molecule has 1 amide bonds. The number of hydrogen-bond donors (Lipinski definition) is 1. The van der Waals surface area contributed by atoms with Crippen LogP contribution in [0.1, 0.15) is 32.1 Å². The third-order valence-electron chi connectivity index (χ3n) is 4.46. The number of carbonyl (C=O) groups excluding carboxylic acids is 1. The predicted molar refractivity (Wildman–Crippen MR) is 93.1 cm³/mol. The van der Waals surface area contributed by atoms with Gasteiger partial charge in [-0.15, -0.1) is 0 Å². The zero-order valence-corrected chi connectivity index (χ0v) is 14.0. The highest BCUT2D eigenvalue weighted by Gasteiger charge is 2.19. The minimum absolute atomic E-state index is 0.286. The Balaban J connectivity index is 1.78. The van der Waals surface area contributed by atoms with Crippen molar-refractivity contribution in [1.82, 2.24) is 4.57 Å². The van der Waals surface area contributed by atoms with Crippen molar-refractivity contribution < 1.29 is 14.3 Å². The number of aromatic nitrogens is 1. The number of carbonyl (C=O) groups is 1. The summed E-state index contributed by atoms with van der Waals surface area (Å²) in [5, 5.41) is 0. The Morgan fingerprint density at radius 3 is 2.71 bits per heavy atom. The lowest BCUT2D eigenvalue weighted by Gasteiger charge is -2.16. The van der Waals surface area contributed by atoms with E-state index >= 15 is 0 Å². The number of primary amides is 1. The molecule has 2 N–H and O–H groups in total. The maximum atomic E-state index is 10.9. The highest BCUT2D eigenvalue weighted by molar-refractivity contribution is 5.73. The lowest BCUT2D eigenvalue weighted by atomic mass is 10.1. The maximum Gasteiger partial charge on any atom is 0.219 e. The van der Waals surface area contributed by atoms with E-state index in [1.807, 2.05) is 41.2 Å². The van der Waals surface area contributed by atoms with Crippen LogP contribution in [0.3, 0.4) is 0 Å². The number of rotatable bonds is 7. The summed E-state index contributed by atoms with van der Waals surface area (Å²) in [6, 6.07) is 8.03. The van der Waals surface area contributed by atoms with Gasteiger partial charge in [-0.25, -0.2) is 0 Å². The molecule has 1 aromatic heterocycles. The standard InChI is InChI=1S/C19H24N2O3/c1-23-17-7-6-14(12-18(17)24-16-4-2-3-5-16)15-8-10-21(13-15)11-9-19(20)22/h6-8,10,12-13,16H,2-5,9,11H2,1H3,(H2,20,22). The molecule has 3 rings (SSSR count). The summed E-state index contributed by atoms with van der Waals surface area (Å²) in [4.78, 5) is 10.9. The van der Waals surface area contributed by atoms with Gasteiger partial charge in [0.1, 0.15) is 0 Å². The number of nitrogens with two attached hydrogens (primary N) is 1. The molecule has 24 heavy (non-hydrogen) atoms. The first-order valence-corrected chi connectivity index (χ1v) is 8.45. The molecule has 0 atom stereocenters. The summed E-state index contributed by atoms with van der Waals surface area (Å²) in [5.41, 5.74) is 7.36.